The summed E-state index contributed by atoms with van der Waals surface area (Å²) in [4.78, 5) is 0. The third kappa shape index (κ3) is 1.18. The topological polar surface area (TPSA) is 9.23 Å². The van der Waals surface area contributed by atoms with E-state index in [2.05, 4.69) is 4.74 Å². The Bertz CT molecular complexity index is 285. The zero-order chi connectivity index (χ0) is 10.6. The Morgan fingerprint density at radius 2 is 2.07 bits per heavy atom. The Balaban J connectivity index is 2.38. The van der Waals surface area contributed by atoms with Crippen LogP contribution in [-0.4, -0.2) is 17.6 Å². The molecule has 80 valence electrons. The zero-order valence-corrected chi connectivity index (χ0v) is 7.57. The summed E-state index contributed by atoms with van der Waals surface area (Å²) in [7, 11) is 0. The molecule has 3 rings (SSSR count). The minimum Gasteiger partial charge on any atom is -0.328 e. The minimum atomic E-state index is -4.95. The van der Waals surface area contributed by atoms with E-state index in [1.807, 2.05) is 0 Å². The highest BCUT2D eigenvalue weighted by atomic mass is 19.4. The van der Waals surface area contributed by atoms with Crippen molar-refractivity contribution in [1.29, 1.82) is 0 Å². The fourth-order valence-electron chi connectivity index (χ4n) is 2.02. The molecule has 0 spiro atoms. The monoisotopic (exact) mass is 210 g/mol. The Hall–Kier alpha value is -0.580. The first-order valence-electron chi connectivity index (χ1n) is 4.42. The van der Waals surface area contributed by atoms with Crippen molar-refractivity contribution in [1.82, 2.24) is 0 Å². The van der Waals surface area contributed by atoms with Crippen molar-refractivity contribution in [2.24, 2.45) is 5.92 Å². The molecule has 1 saturated heterocycles. The molecule has 2 heterocycles. The van der Waals surface area contributed by atoms with Crippen LogP contribution in [0.25, 0.3) is 0 Å². The summed E-state index contributed by atoms with van der Waals surface area (Å²) in [5.74, 6) is -4.68. The van der Waals surface area contributed by atoms with Gasteiger partial charge in [0, 0.05) is 5.92 Å². The van der Waals surface area contributed by atoms with E-state index in [1.165, 1.54) is 19.1 Å². The second-order valence-corrected chi connectivity index (χ2v) is 4.06. The van der Waals surface area contributed by atoms with Crippen molar-refractivity contribution in [2.75, 3.05) is 0 Å². The summed E-state index contributed by atoms with van der Waals surface area (Å²) in [5, 5.41) is 0. The van der Waals surface area contributed by atoms with Gasteiger partial charge in [-0.15, -0.1) is 0 Å². The predicted molar refractivity (Wildman–Crippen MR) is 41.2 cm³/mol. The van der Waals surface area contributed by atoms with Gasteiger partial charge in [0.15, 0.2) is 0 Å². The molecule has 14 heavy (non-hydrogen) atoms. The van der Waals surface area contributed by atoms with Gasteiger partial charge >= 0.3 is 12.0 Å². The van der Waals surface area contributed by atoms with Crippen molar-refractivity contribution in [3.05, 3.63) is 12.2 Å². The normalized spacial score (nSPS) is 47.1. The van der Waals surface area contributed by atoms with Crippen LogP contribution in [0.3, 0.4) is 0 Å². The lowest BCUT2D eigenvalue weighted by atomic mass is 9.78. The van der Waals surface area contributed by atoms with Gasteiger partial charge in [-0.1, -0.05) is 12.2 Å². The van der Waals surface area contributed by atoms with Gasteiger partial charge < -0.3 is 4.74 Å². The third-order valence-corrected chi connectivity index (χ3v) is 2.88. The standard InChI is InChI=1S/C9H10F4O/c1-7-4-2-6(3-5-7)8(10,14-7)9(11,12)13/h2,4,6H,3,5H2,1H3. The van der Waals surface area contributed by atoms with E-state index in [0.29, 0.717) is 6.42 Å². The van der Waals surface area contributed by atoms with E-state index in [4.69, 9.17) is 0 Å². The zero-order valence-electron chi connectivity index (χ0n) is 7.57. The summed E-state index contributed by atoms with van der Waals surface area (Å²) in [5.41, 5.74) is -1.10. The van der Waals surface area contributed by atoms with Crippen LogP contribution in [0, 0.1) is 5.92 Å². The van der Waals surface area contributed by atoms with Crippen molar-refractivity contribution in [2.45, 2.75) is 37.4 Å². The minimum absolute atomic E-state index is 0.184. The van der Waals surface area contributed by atoms with E-state index in [1.54, 1.807) is 0 Å². The van der Waals surface area contributed by atoms with E-state index in [-0.39, 0.29) is 6.42 Å². The predicted octanol–water partition coefficient (Wildman–Crippen LogP) is 2.97. The van der Waals surface area contributed by atoms with Gasteiger partial charge in [-0.25, -0.2) is 4.39 Å². The Labute approximate surface area is 78.7 Å². The lowest BCUT2D eigenvalue weighted by molar-refractivity contribution is -0.387. The Kier molecular flexibility index (Phi) is 1.78. The molecule has 0 amide bonds. The molecule has 0 aromatic carbocycles. The number of ether oxygens (including phenoxy) is 1. The van der Waals surface area contributed by atoms with Gasteiger partial charge in [-0.2, -0.15) is 13.2 Å². The number of halogens is 4. The number of alkyl halides is 4. The molecule has 2 aliphatic heterocycles. The molecular formula is C9H10F4O. The van der Waals surface area contributed by atoms with Crippen LogP contribution in [0.2, 0.25) is 0 Å². The van der Waals surface area contributed by atoms with Crippen molar-refractivity contribution < 1.29 is 22.3 Å². The molecule has 0 saturated carbocycles. The van der Waals surface area contributed by atoms with E-state index >= 15 is 0 Å². The summed E-state index contributed by atoms with van der Waals surface area (Å²) in [6.07, 6.45) is -1.53. The van der Waals surface area contributed by atoms with Crippen LogP contribution in [0.5, 0.6) is 0 Å². The number of fused-ring (bicyclic) bond motifs is 2. The van der Waals surface area contributed by atoms with Gasteiger partial charge in [0.05, 0.1) is 5.60 Å². The molecule has 0 N–H and O–H groups in total. The molecule has 1 fully saturated rings. The molecule has 3 aliphatic rings. The number of hydrogen-bond donors (Lipinski definition) is 0. The van der Waals surface area contributed by atoms with Gasteiger partial charge in [0.1, 0.15) is 0 Å². The summed E-state index contributed by atoms with van der Waals surface area (Å²) in [6.45, 7) is 1.47. The highest BCUT2D eigenvalue weighted by Gasteiger charge is 2.67. The second kappa shape index (κ2) is 2.51. The first-order chi connectivity index (χ1) is 6.27. The van der Waals surface area contributed by atoms with Crippen LogP contribution < -0.4 is 0 Å². The van der Waals surface area contributed by atoms with Gasteiger partial charge in [-0.3, -0.25) is 0 Å². The maximum absolute atomic E-state index is 13.6. The maximum atomic E-state index is 13.6. The molecule has 0 aromatic heterocycles. The second-order valence-electron chi connectivity index (χ2n) is 4.06. The Morgan fingerprint density at radius 3 is 2.36 bits per heavy atom. The lowest BCUT2D eigenvalue weighted by Crippen LogP contribution is -2.59. The SMILES string of the molecule is CC12C=CC(CC1)C(F)(C(F)(F)F)O2. The van der Waals surface area contributed by atoms with E-state index in [9.17, 15) is 17.6 Å². The Morgan fingerprint density at radius 1 is 1.43 bits per heavy atom. The molecule has 5 heteroatoms. The van der Waals surface area contributed by atoms with Crippen molar-refractivity contribution >= 4 is 0 Å². The molecule has 0 aromatic rings. The molecule has 1 aliphatic carbocycles. The molecule has 2 bridgehead atoms. The highest BCUT2D eigenvalue weighted by molar-refractivity contribution is 5.16. The fraction of sp³-hybridized carbons (Fsp3) is 0.778. The molecule has 3 atom stereocenters. The van der Waals surface area contributed by atoms with Crippen molar-refractivity contribution in [3.8, 4) is 0 Å². The molecule has 1 nitrogen and oxygen atoms in total. The summed E-state index contributed by atoms with van der Waals surface area (Å²) < 4.78 is 55.4. The average molecular weight is 210 g/mol. The highest BCUT2D eigenvalue weighted by Crippen LogP contribution is 2.53. The summed E-state index contributed by atoms with van der Waals surface area (Å²) >= 11 is 0. The largest absolute Gasteiger partial charge is 0.448 e. The van der Waals surface area contributed by atoms with Gasteiger partial charge in [0.25, 0.3) is 0 Å². The van der Waals surface area contributed by atoms with Gasteiger partial charge in [0.2, 0.25) is 0 Å². The van der Waals surface area contributed by atoms with Crippen LogP contribution in [0.1, 0.15) is 19.8 Å². The van der Waals surface area contributed by atoms with E-state index in [0.717, 1.165) is 0 Å². The van der Waals surface area contributed by atoms with Crippen LogP contribution in [-0.2, 0) is 4.74 Å². The summed E-state index contributed by atoms with van der Waals surface area (Å²) in [6, 6.07) is 0. The average Bonchev–Trinajstić information content (AvgIpc) is 2.01. The molecule has 0 radical (unpaired) electrons. The van der Waals surface area contributed by atoms with Crippen LogP contribution in [0.15, 0.2) is 12.2 Å². The lowest BCUT2D eigenvalue weighted by Gasteiger charge is -2.48. The smallest absolute Gasteiger partial charge is 0.328 e. The van der Waals surface area contributed by atoms with Crippen LogP contribution in [0.4, 0.5) is 17.6 Å². The van der Waals surface area contributed by atoms with Crippen LogP contribution >= 0.6 is 0 Å². The van der Waals surface area contributed by atoms with Crippen molar-refractivity contribution in [3.63, 3.8) is 0 Å². The first kappa shape index (κ1) is 9.96. The quantitative estimate of drug-likeness (QED) is 0.441. The van der Waals surface area contributed by atoms with Gasteiger partial charge in [-0.05, 0) is 19.8 Å². The molecular weight excluding hydrogens is 200 g/mol. The fourth-order valence-corrected chi connectivity index (χ4v) is 2.02. The van der Waals surface area contributed by atoms with E-state index < -0.39 is 23.6 Å². The number of rotatable bonds is 0. The first-order valence-corrected chi connectivity index (χ1v) is 4.42. The third-order valence-electron chi connectivity index (χ3n) is 2.88. The molecule has 3 unspecified atom stereocenters. The number of hydrogen-bond acceptors (Lipinski definition) is 1. The maximum Gasteiger partial charge on any atom is 0.448 e.